The van der Waals surface area contributed by atoms with Gasteiger partial charge in [-0.25, -0.2) is 4.79 Å². The zero-order valence-corrected chi connectivity index (χ0v) is 10.2. The maximum atomic E-state index is 11.6. The summed E-state index contributed by atoms with van der Waals surface area (Å²) < 4.78 is 9.85. The minimum Gasteiger partial charge on any atom is -0.432 e. The molecule has 1 amide bonds. The molecule has 16 heavy (non-hydrogen) atoms. The Bertz CT molecular complexity index is 277. The van der Waals surface area contributed by atoms with Gasteiger partial charge in [-0.2, -0.15) is 0 Å². The van der Waals surface area contributed by atoms with Gasteiger partial charge in [-0.1, -0.05) is 6.92 Å². The van der Waals surface area contributed by atoms with Crippen LogP contribution >= 0.6 is 0 Å². The molecule has 1 aliphatic rings. The van der Waals surface area contributed by atoms with Crippen molar-refractivity contribution < 1.29 is 19.1 Å². The molecule has 5 heteroatoms. The Labute approximate surface area is 95.7 Å². The molecule has 92 valence electrons. The average Bonchev–Trinajstić information content (AvgIpc) is 2.45. The van der Waals surface area contributed by atoms with Gasteiger partial charge in [-0.15, -0.1) is 0 Å². The lowest BCUT2D eigenvalue weighted by Gasteiger charge is -2.24. The fourth-order valence-electron chi connectivity index (χ4n) is 1.63. The smallest absolute Gasteiger partial charge is 0.432 e. The quantitative estimate of drug-likeness (QED) is 0.692. The summed E-state index contributed by atoms with van der Waals surface area (Å²) in [5, 5.41) is 0. The molecule has 0 spiro atoms. The van der Waals surface area contributed by atoms with E-state index in [-0.39, 0.29) is 17.9 Å². The molecule has 0 radical (unpaired) electrons. The number of rotatable bonds is 3. The molecule has 1 heterocycles. The standard InChI is InChI=1S/C11H19NO4/c1-7(2)15-11(14)16-9(4)12-6-5-8(3)10(12)13/h7-9H,5-6H2,1-4H3. The van der Waals surface area contributed by atoms with Crippen LogP contribution in [-0.4, -0.2) is 35.8 Å². The highest BCUT2D eigenvalue weighted by Crippen LogP contribution is 2.20. The van der Waals surface area contributed by atoms with E-state index in [0.29, 0.717) is 6.54 Å². The van der Waals surface area contributed by atoms with E-state index in [1.54, 1.807) is 25.7 Å². The predicted octanol–water partition coefficient (Wildman–Crippen LogP) is 1.76. The number of hydrogen-bond donors (Lipinski definition) is 0. The summed E-state index contributed by atoms with van der Waals surface area (Å²) in [6.45, 7) is 7.68. The van der Waals surface area contributed by atoms with E-state index >= 15 is 0 Å². The second-order valence-corrected chi connectivity index (χ2v) is 4.36. The lowest BCUT2D eigenvalue weighted by Crippen LogP contribution is -2.38. The summed E-state index contributed by atoms with van der Waals surface area (Å²) >= 11 is 0. The van der Waals surface area contributed by atoms with Gasteiger partial charge in [0.05, 0.1) is 6.10 Å². The molecule has 0 aromatic heterocycles. The zero-order chi connectivity index (χ0) is 12.3. The molecular formula is C11H19NO4. The Morgan fingerprint density at radius 1 is 1.38 bits per heavy atom. The number of ether oxygens (including phenoxy) is 2. The Hall–Kier alpha value is -1.26. The lowest BCUT2D eigenvalue weighted by atomic mass is 10.1. The molecule has 0 bridgehead atoms. The van der Waals surface area contributed by atoms with E-state index in [2.05, 4.69) is 0 Å². The van der Waals surface area contributed by atoms with Crippen molar-refractivity contribution in [3.63, 3.8) is 0 Å². The number of amides is 1. The van der Waals surface area contributed by atoms with E-state index in [1.807, 2.05) is 6.92 Å². The van der Waals surface area contributed by atoms with E-state index in [0.717, 1.165) is 6.42 Å². The minimum atomic E-state index is -0.727. The van der Waals surface area contributed by atoms with Crippen molar-refractivity contribution in [3.05, 3.63) is 0 Å². The number of carbonyl (C=O) groups excluding carboxylic acids is 2. The van der Waals surface area contributed by atoms with E-state index in [9.17, 15) is 9.59 Å². The van der Waals surface area contributed by atoms with Crippen LogP contribution in [0.1, 0.15) is 34.1 Å². The molecule has 0 N–H and O–H groups in total. The Morgan fingerprint density at radius 3 is 2.44 bits per heavy atom. The molecule has 2 atom stereocenters. The number of hydrogen-bond acceptors (Lipinski definition) is 4. The first-order valence-electron chi connectivity index (χ1n) is 5.59. The van der Waals surface area contributed by atoms with Crippen LogP contribution in [-0.2, 0) is 14.3 Å². The van der Waals surface area contributed by atoms with E-state index in [4.69, 9.17) is 9.47 Å². The average molecular weight is 229 g/mol. The number of nitrogens with zero attached hydrogens (tertiary/aromatic N) is 1. The maximum Gasteiger partial charge on any atom is 0.510 e. The molecule has 0 saturated carbocycles. The maximum absolute atomic E-state index is 11.6. The summed E-state index contributed by atoms with van der Waals surface area (Å²) in [4.78, 5) is 24.4. The minimum absolute atomic E-state index is 0.0205. The van der Waals surface area contributed by atoms with Crippen LogP contribution < -0.4 is 0 Å². The zero-order valence-electron chi connectivity index (χ0n) is 10.2. The van der Waals surface area contributed by atoms with Gasteiger partial charge < -0.3 is 14.4 Å². The SMILES string of the molecule is CC(C)OC(=O)OC(C)N1CCC(C)C1=O. The van der Waals surface area contributed by atoms with Crippen molar-refractivity contribution in [3.8, 4) is 0 Å². The normalized spacial score (nSPS) is 22.4. The summed E-state index contributed by atoms with van der Waals surface area (Å²) in [6.07, 6.45) is -0.683. The monoisotopic (exact) mass is 229 g/mol. The van der Waals surface area contributed by atoms with Gasteiger partial charge in [0.25, 0.3) is 0 Å². The fourth-order valence-corrected chi connectivity index (χ4v) is 1.63. The number of likely N-dealkylation sites (tertiary alicyclic amines) is 1. The summed E-state index contributed by atoms with van der Waals surface area (Å²) in [6, 6.07) is 0. The van der Waals surface area contributed by atoms with Crippen molar-refractivity contribution in [2.24, 2.45) is 5.92 Å². The second-order valence-electron chi connectivity index (χ2n) is 4.36. The summed E-state index contributed by atoms with van der Waals surface area (Å²) in [5.41, 5.74) is 0. The first-order chi connectivity index (χ1) is 7.41. The van der Waals surface area contributed by atoms with Crippen molar-refractivity contribution >= 4 is 12.1 Å². The first kappa shape index (κ1) is 12.8. The highest BCUT2D eigenvalue weighted by Gasteiger charge is 2.33. The van der Waals surface area contributed by atoms with Gasteiger partial charge in [-0.05, 0) is 27.2 Å². The lowest BCUT2D eigenvalue weighted by molar-refractivity contribution is -0.139. The molecule has 1 aliphatic heterocycles. The van der Waals surface area contributed by atoms with Crippen LogP contribution in [0.15, 0.2) is 0 Å². The highest BCUT2D eigenvalue weighted by atomic mass is 16.7. The fraction of sp³-hybridized carbons (Fsp3) is 0.818. The van der Waals surface area contributed by atoms with Crippen LogP contribution in [0, 0.1) is 5.92 Å². The molecular weight excluding hydrogens is 210 g/mol. The predicted molar refractivity (Wildman–Crippen MR) is 57.7 cm³/mol. The van der Waals surface area contributed by atoms with Gasteiger partial charge in [-0.3, -0.25) is 4.79 Å². The Kier molecular flexibility index (Phi) is 4.15. The van der Waals surface area contributed by atoms with Gasteiger partial charge in [0.1, 0.15) is 0 Å². The van der Waals surface area contributed by atoms with Crippen molar-refractivity contribution in [1.82, 2.24) is 4.90 Å². The molecule has 0 aromatic carbocycles. The van der Waals surface area contributed by atoms with Crippen molar-refractivity contribution in [2.75, 3.05) is 6.54 Å². The van der Waals surface area contributed by atoms with Gasteiger partial charge >= 0.3 is 6.16 Å². The van der Waals surface area contributed by atoms with Crippen LogP contribution in [0.4, 0.5) is 4.79 Å². The van der Waals surface area contributed by atoms with Crippen molar-refractivity contribution in [2.45, 2.75) is 46.4 Å². The third-order valence-corrected chi connectivity index (χ3v) is 2.55. The molecule has 1 fully saturated rings. The van der Waals surface area contributed by atoms with Crippen molar-refractivity contribution in [1.29, 1.82) is 0 Å². The molecule has 1 saturated heterocycles. The van der Waals surface area contributed by atoms with E-state index < -0.39 is 12.4 Å². The molecule has 0 aromatic rings. The van der Waals surface area contributed by atoms with E-state index in [1.165, 1.54) is 0 Å². The molecule has 2 unspecified atom stereocenters. The largest absolute Gasteiger partial charge is 0.510 e. The Morgan fingerprint density at radius 2 is 2.00 bits per heavy atom. The molecule has 5 nitrogen and oxygen atoms in total. The molecule has 0 aliphatic carbocycles. The van der Waals surface area contributed by atoms with Gasteiger partial charge in [0.2, 0.25) is 5.91 Å². The Balaban J connectivity index is 2.43. The van der Waals surface area contributed by atoms with Crippen LogP contribution in [0.3, 0.4) is 0 Å². The first-order valence-corrected chi connectivity index (χ1v) is 5.59. The topological polar surface area (TPSA) is 55.8 Å². The summed E-state index contributed by atoms with van der Waals surface area (Å²) in [5.74, 6) is 0.0528. The number of carbonyl (C=O) groups is 2. The van der Waals surface area contributed by atoms with Crippen LogP contribution in [0.5, 0.6) is 0 Å². The second kappa shape index (κ2) is 5.18. The third-order valence-electron chi connectivity index (χ3n) is 2.55. The highest BCUT2D eigenvalue weighted by molar-refractivity contribution is 5.80. The van der Waals surface area contributed by atoms with Gasteiger partial charge in [0, 0.05) is 12.5 Å². The van der Waals surface area contributed by atoms with Crippen LogP contribution in [0.25, 0.3) is 0 Å². The van der Waals surface area contributed by atoms with Gasteiger partial charge in [0.15, 0.2) is 6.23 Å². The third kappa shape index (κ3) is 3.12. The van der Waals surface area contributed by atoms with Crippen LogP contribution in [0.2, 0.25) is 0 Å². The summed E-state index contributed by atoms with van der Waals surface area (Å²) in [7, 11) is 0. The molecule has 1 rings (SSSR count).